The molecule has 0 saturated carbocycles. The molecule has 0 spiro atoms. The number of aliphatic hydroxyl groups excluding tert-OH is 1. The van der Waals surface area contributed by atoms with Crippen molar-refractivity contribution >= 4 is 34.4 Å². The van der Waals surface area contributed by atoms with E-state index in [4.69, 9.17) is 38.7 Å². The number of nitrogens with zero attached hydrogens (tertiary/aromatic N) is 3. The number of aromatic hydroxyl groups is 1. The van der Waals surface area contributed by atoms with Crippen LogP contribution in [-0.4, -0.2) is 119 Å². The highest BCUT2D eigenvalue weighted by atomic mass is 16.5. The molecule has 4 rings (SSSR count). The lowest BCUT2D eigenvalue weighted by atomic mass is 9.90. The van der Waals surface area contributed by atoms with Crippen molar-refractivity contribution in [1.82, 2.24) is 5.32 Å². The molecule has 18 heteroatoms. The van der Waals surface area contributed by atoms with Gasteiger partial charge in [0.25, 0.3) is 0 Å². The van der Waals surface area contributed by atoms with Crippen molar-refractivity contribution in [2.75, 3.05) is 91.1 Å². The van der Waals surface area contributed by atoms with Gasteiger partial charge in [-0.15, -0.1) is 0 Å². The van der Waals surface area contributed by atoms with Crippen LogP contribution in [0.15, 0.2) is 81.6 Å². The molecule has 0 radical (unpaired) electrons. The molecule has 55 heavy (non-hydrogen) atoms. The van der Waals surface area contributed by atoms with Crippen LogP contribution in [0.25, 0.3) is 43.9 Å². The Morgan fingerprint density at radius 3 is 2.22 bits per heavy atom. The largest absolute Gasteiger partial charge is 0.508 e. The second-order valence-corrected chi connectivity index (χ2v) is 11.1. The quantitative estimate of drug-likeness (QED) is 0.0181. The first-order valence-corrected chi connectivity index (χ1v) is 17.0. The average molecular weight is 766 g/mol. The fourth-order valence-electron chi connectivity index (χ4n) is 4.82. The molecule has 1 heterocycles. The van der Waals surface area contributed by atoms with Crippen LogP contribution >= 0.6 is 0 Å². The molecule has 2 aromatic carbocycles. The topological polar surface area (TPSA) is 261 Å². The number of carboxylic acid groups (broad SMARTS) is 1. The maximum absolute atomic E-state index is 12.4. The van der Waals surface area contributed by atoms with E-state index in [2.05, 4.69) is 27.2 Å². The number of benzene rings is 3. The van der Waals surface area contributed by atoms with E-state index in [1.54, 1.807) is 24.3 Å². The van der Waals surface area contributed by atoms with Crippen LogP contribution in [0.3, 0.4) is 0 Å². The minimum atomic E-state index is -1.23. The summed E-state index contributed by atoms with van der Waals surface area (Å²) in [5.74, 6) is -1.80. The number of carboxylic acids is 1. The van der Waals surface area contributed by atoms with Crippen LogP contribution < -0.4 is 16.1 Å². The van der Waals surface area contributed by atoms with Crippen molar-refractivity contribution in [1.29, 1.82) is 0 Å². The van der Waals surface area contributed by atoms with Gasteiger partial charge >= 0.3 is 5.97 Å². The summed E-state index contributed by atoms with van der Waals surface area (Å²) in [6.07, 6.45) is 1.18. The van der Waals surface area contributed by atoms with Crippen LogP contribution in [0, 0.1) is 0 Å². The zero-order valence-corrected chi connectivity index (χ0v) is 29.9. The number of phenolic OH excluding ortho intramolecular Hbond substituents is 1. The highest BCUT2D eigenvalue weighted by Crippen LogP contribution is 2.42. The lowest BCUT2D eigenvalue weighted by Crippen LogP contribution is -2.25. The fraction of sp³-hybridized carbons (Fsp3) is 0.351. The number of anilines is 1. The number of rotatable bonds is 23. The summed E-state index contributed by atoms with van der Waals surface area (Å²) in [5, 5.41) is 37.4. The van der Waals surface area contributed by atoms with E-state index in [0.29, 0.717) is 81.4 Å². The lowest BCUT2D eigenvalue weighted by molar-refractivity contribution is -0.121. The third-order valence-corrected chi connectivity index (χ3v) is 7.19. The van der Waals surface area contributed by atoms with Crippen LogP contribution in [0.1, 0.15) is 10.4 Å². The first-order chi connectivity index (χ1) is 26.7. The molecule has 2 aromatic rings. The zero-order chi connectivity index (χ0) is 39.8. The number of hydrogen-bond donors (Lipinski definition) is 5. The van der Waals surface area contributed by atoms with Crippen LogP contribution in [0.2, 0.25) is 0 Å². The Bertz CT molecular complexity index is 1940. The van der Waals surface area contributed by atoms with E-state index in [-0.39, 0.29) is 66.1 Å². The summed E-state index contributed by atoms with van der Waals surface area (Å²) >= 11 is 0. The highest BCUT2D eigenvalue weighted by molar-refractivity contribution is 6.08. The van der Waals surface area contributed by atoms with E-state index in [9.17, 15) is 29.4 Å². The summed E-state index contributed by atoms with van der Waals surface area (Å²) in [4.78, 5) is 50.3. The van der Waals surface area contributed by atoms with E-state index in [1.165, 1.54) is 36.4 Å². The number of hydrogen-bond acceptors (Lipinski definition) is 13. The zero-order valence-electron chi connectivity index (χ0n) is 29.9. The van der Waals surface area contributed by atoms with Crippen LogP contribution in [0.5, 0.6) is 5.75 Å². The number of azide groups is 1. The van der Waals surface area contributed by atoms with E-state index in [0.717, 1.165) is 0 Å². The highest BCUT2D eigenvalue weighted by Gasteiger charge is 2.22. The van der Waals surface area contributed by atoms with Crippen molar-refractivity contribution in [3.05, 3.63) is 93.5 Å². The average Bonchev–Trinajstić information content (AvgIpc) is 3.17. The smallest absolute Gasteiger partial charge is 0.336 e. The van der Waals surface area contributed by atoms with Crippen molar-refractivity contribution in [2.45, 2.75) is 0 Å². The second-order valence-electron chi connectivity index (χ2n) is 11.1. The van der Waals surface area contributed by atoms with Gasteiger partial charge in [0.2, 0.25) is 11.8 Å². The molecule has 1 aliphatic heterocycles. The first-order valence-electron chi connectivity index (χ1n) is 17.0. The number of carbonyl (C=O) groups is 3. The molecule has 0 bridgehead atoms. The van der Waals surface area contributed by atoms with Gasteiger partial charge in [0.1, 0.15) is 23.7 Å². The number of amides is 2. The summed E-state index contributed by atoms with van der Waals surface area (Å²) in [7, 11) is 0. The molecule has 294 valence electrons. The summed E-state index contributed by atoms with van der Waals surface area (Å²) in [6, 6.07) is 13.1. The number of phenols is 1. The predicted molar refractivity (Wildman–Crippen MR) is 200 cm³/mol. The number of ether oxygens (including phenoxy) is 5. The minimum absolute atomic E-state index is 0.0265. The number of aromatic carboxylic acids is 1. The van der Waals surface area contributed by atoms with Gasteiger partial charge in [0.15, 0.2) is 5.43 Å². The minimum Gasteiger partial charge on any atom is -0.508 e. The van der Waals surface area contributed by atoms with Gasteiger partial charge in [-0.25, -0.2) is 4.79 Å². The molecular formula is C37H43N5O13. The lowest BCUT2D eigenvalue weighted by Gasteiger charge is -2.17. The van der Waals surface area contributed by atoms with E-state index in [1.807, 2.05) is 0 Å². The molecule has 2 aliphatic rings. The van der Waals surface area contributed by atoms with Gasteiger partial charge in [0.05, 0.1) is 71.6 Å². The van der Waals surface area contributed by atoms with Gasteiger partial charge in [-0.1, -0.05) is 17.8 Å². The molecule has 1 aliphatic carbocycles. The third-order valence-electron chi connectivity index (χ3n) is 7.19. The first kappa shape index (κ1) is 43.6. The molecule has 0 unspecified atom stereocenters. The Hall–Kier alpha value is -5.85. The number of carbonyl (C=O) groups excluding carboxylic acids is 2. The van der Waals surface area contributed by atoms with Gasteiger partial charge in [-0.3, -0.25) is 14.4 Å². The summed E-state index contributed by atoms with van der Waals surface area (Å²) in [5.41, 5.74) is 9.37. The number of aliphatic hydroxyl groups is 1. The summed E-state index contributed by atoms with van der Waals surface area (Å²) < 4.78 is 31.8. The van der Waals surface area contributed by atoms with Gasteiger partial charge in [-0.2, -0.15) is 0 Å². The van der Waals surface area contributed by atoms with Crippen molar-refractivity contribution < 1.29 is 57.8 Å². The molecule has 0 saturated heterocycles. The maximum atomic E-state index is 12.4. The van der Waals surface area contributed by atoms with E-state index >= 15 is 0 Å². The molecule has 18 nitrogen and oxygen atoms in total. The van der Waals surface area contributed by atoms with Crippen LogP contribution in [0.4, 0.5) is 5.69 Å². The molecule has 2 amide bonds. The Morgan fingerprint density at radius 2 is 1.53 bits per heavy atom. The molecule has 5 N–H and O–H groups in total. The Balaban J connectivity index is 0.000000583. The Kier molecular flexibility index (Phi) is 19.4. The van der Waals surface area contributed by atoms with Crippen LogP contribution in [-0.2, 0) is 33.3 Å². The SMILES string of the molecule is C=CC(=O)NCCOCCOCCOCC(=O)Nc1ccc(-c2c3ccc(=O)cc-3oc3cc(O)ccc23)c(C(=O)O)c1.[N-]=[N+]=NCCOCCOCCO. The van der Waals surface area contributed by atoms with Gasteiger partial charge in [-0.05, 0) is 53.6 Å². The molecular weight excluding hydrogens is 722 g/mol. The number of nitrogens with one attached hydrogen (secondary N) is 2. The number of fused-ring (bicyclic) bond motifs is 2. The third kappa shape index (κ3) is 15.2. The Morgan fingerprint density at radius 1 is 0.855 bits per heavy atom. The maximum Gasteiger partial charge on any atom is 0.336 e. The second kappa shape index (κ2) is 24.5. The molecule has 0 fully saturated rings. The predicted octanol–water partition coefficient (Wildman–Crippen LogP) is 3.58. The van der Waals surface area contributed by atoms with Crippen molar-refractivity contribution in [3.8, 4) is 28.2 Å². The normalized spacial score (nSPS) is 10.6. The van der Waals surface area contributed by atoms with Crippen molar-refractivity contribution in [2.24, 2.45) is 5.11 Å². The molecule has 0 aromatic heterocycles. The Labute approximate surface area is 315 Å². The monoisotopic (exact) mass is 765 g/mol. The summed E-state index contributed by atoms with van der Waals surface area (Å²) in [6.45, 7) is 6.84. The fourth-order valence-corrected chi connectivity index (χ4v) is 4.82. The van der Waals surface area contributed by atoms with Crippen molar-refractivity contribution in [3.63, 3.8) is 0 Å². The molecule has 0 atom stereocenters. The standard InChI is InChI=1S/C31H30N2O10.C6H13N3O3/c1-2-28(36)32-9-10-40-11-12-41-13-14-42-18-29(37)33-19-3-6-22(25(15-19)31(38)39)30-23-7-4-20(34)16-26(23)43-27-17-21(35)5-8-24(27)30;7-9-8-1-3-11-5-6-12-4-2-10/h2-8,15-17,34H,1,9-14,18H2,(H,32,36)(H,33,37)(H,38,39);10H,1-6H2. The van der Waals surface area contributed by atoms with Gasteiger partial charge in [0, 0.05) is 52.3 Å². The van der Waals surface area contributed by atoms with E-state index < -0.39 is 11.9 Å². The van der Waals surface area contributed by atoms with Gasteiger partial charge < -0.3 is 54.1 Å².